The van der Waals surface area contributed by atoms with Crippen LogP contribution in [0.3, 0.4) is 0 Å². The largest absolute Gasteiger partial charge is 0.360 e. The summed E-state index contributed by atoms with van der Waals surface area (Å²) in [4.78, 5) is 12.4. The van der Waals surface area contributed by atoms with Gasteiger partial charge in [-0.1, -0.05) is 27.5 Å². The van der Waals surface area contributed by atoms with E-state index in [1.807, 2.05) is 29.9 Å². The van der Waals surface area contributed by atoms with E-state index in [-0.39, 0.29) is 0 Å². The highest BCUT2D eigenvalue weighted by Gasteiger charge is 2.16. The molecule has 0 unspecified atom stereocenters. The summed E-state index contributed by atoms with van der Waals surface area (Å²) in [6.45, 7) is 0. The van der Waals surface area contributed by atoms with Crippen molar-refractivity contribution in [3.8, 4) is 21.8 Å². The number of aromatic nitrogens is 4. The van der Waals surface area contributed by atoms with Gasteiger partial charge in [0.25, 0.3) is 0 Å². The van der Waals surface area contributed by atoms with Crippen molar-refractivity contribution in [3.63, 3.8) is 0 Å². The van der Waals surface area contributed by atoms with Crippen LogP contribution in [0.15, 0.2) is 52.7 Å². The summed E-state index contributed by atoms with van der Waals surface area (Å²) in [5.74, 6) is 0. The molecule has 1 aromatic carbocycles. The molecule has 0 radical (unpaired) electrons. The highest BCUT2D eigenvalue weighted by molar-refractivity contribution is 9.10. The lowest BCUT2D eigenvalue weighted by molar-refractivity contribution is 0.966. The molecule has 4 aromatic heterocycles. The van der Waals surface area contributed by atoms with Crippen LogP contribution in [-0.2, 0) is 7.05 Å². The van der Waals surface area contributed by atoms with Crippen molar-refractivity contribution < 1.29 is 0 Å². The van der Waals surface area contributed by atoms with Crippen LogP contribution in [0.1, 0.15) is 0 Å². The van der Waals surface area contributed by atoms with E-state index in [0.29, 0.717) is 5.15 Å². The van der Waals surface area contributed by atoms with Crippen molar-refractivity contribution in [2.75, 3.05) is 0 Å². The van der Waals surface area contributed by atoms with Gasteiger partial charge in [-0.2, -0.15) is 0 Å². The van der Waals surface area contributed by atoms with Gasteiger partial charge < -0.3 is 9.55 Å². The van der Waals surface area contributed by atoms with Crippen LogP contribution in [0.5, 0.6) is 0 Å². The number of H-pyrrole nitrogens is 1. The van der Waals surface area contributed by atoms with Crippen LogP contribution in [0.25, 0.3) is 43.6 Å². The number of aromatic amines is 1. The van der Waals surface area contributed by atoms with E-state index in [0.717, 1.165) is 48.1 Å². The molecular weight excluding hydrogens is 432 g/mol. The van der Waals surface area contributed by atoms with Crippen LogP contribution in [0, 0.1) is 0 Å². The first kappa shape index (κ1) is 16.1. The second-order valence-electron chi connectivity index (χ2n) is 6.08. The van der Waals surface area contributed by atoms with Gasteiger partial charge in [0.15, 0.2) is 5.15 Å². The molecule has 1 N–H and O–H groups in total. The quantitative estimate of drug-likeness (QED) is 0.327. The van der Waals surface area contributed by atoms with Gasteiger partial charge in [0, 0.05) is 62.9 Å². The van der Waals surface area contributed by atoms with Crippen molar-refractivity contribution in [2.24, 2.45) is 7.05 Å². The standard InChI is InChI=1S/C19H12BrClN4S/c1-25-8-14(11-4-5-22-18(21)17(11)25)16-9-26-19(24-16)13-7-23-15-3-2-10(20)6-12(13)15/h2-9,23H,1H3. The fourth-order valence-corrected chi connectivity index (χ4v) is 4.81. The molecule has 4 heterocycles. The van der Waals surface area contributed by atoms with E-state index in [4.69, 9.17) is 16.6 Å². The van der Waals surface area contributed by atoms with Gasteiger partial charge in [0.05, 0.1) is 11.2 Å². The average Bonchev–Trinajstić information content (AvgIpc) is 3.32. The normalized spacial score (nSPS) is 11.7. The molecule has 0 saturated heterocycles. The van der Waals surface area contributed by atoms with Gasteiger partial charge in [0.1, 0.15) is 5.01 Å². The Bertz CT molecular complexity index is 1280. The van der Waals surface area contributed by atoms with Crippen LogP contribution < -0.4 is 0 Å². The summed E-state index contributed by atoms with van der Waals surface area (Å²) in [6, 6.07) is 8.20. The van der Waals surface area contributed by atoms with Crippen LogP contribution in [-0.4, -0.2) is 19.5 Å². The number of aryl methyl sites for hydroxylation is 1. The zero-order valence-electron chi connectivity index (χ0n) is 13.6. The third-order valence-electron chi connectivity index (χ3n) is 4.50. The van der Waals surface area contributed by atoms with Crippen LogP contribution in [0.2, 0.25) is 5.15 Å². The minimum absolute atomic E-state index is 0.508. The Balaban J connectivity index is 1.67. The molecule has 7 heteroatoms. The van der Waals surface area contributed by atoms with Gasteiger partial charge in [-0.05, 0) is 24.3 Å². The molecule has 4 nitrogen and oxygen atoms in total. The van der Waals surface area contributed by atoms with Crippen molar-refractivity contribution in [3.05, 3.63) is 57.9 Å². The number of fused-ring (bicyclic) bond motifs is 2. The minimum Gasteiger partial charge on any atom is -0.360 e. The summed E-state index contributed by atoms with van der Waals surface area (Å²) in [5.41, 5.74) is 5.15. The molecule has 0 spiro atoms. The maximum Gasteiger partial charge on any atom is 0.153 e. The van der Waals surface area contributed by atoms with Gasteiger partial charge in [-0.25, -0.2) is 9.97 Å². The molecule has 5 aromatic rings. The van der Waals surface area contributed by atoms with Crippen molar-refractivity contribution in [1.82, 2.24) is 19.5 Å². The molecule has 5 rings (SSSR count). The molecule has 0 atom stereocenters. The molecule has 0 fully saturated rings. The molecule has 0 aliphatic heterocycles. The molecule has 0 saturated carbocycles. The fourth-order valence-electron chi connectivity index (χ4n) is 3.30. The summed E-state index contributed by atoms with van der Waals surface area (Å²) < 4.78 is 3.06. The third-order valence-corrected chi connectivity index (χ3v) is 6.14. The fraction of sp³-hybridized carbons (Fsp3) is 0.0526. The first-order valence-electron chi connectivity index (χ1n) is 7.94. The summed E-state index contributed by atoms with van der Waals surface area (Å²) in [6.07, 6.45) is 5.81. The Morgan fingerprint density at radius 2 is 2.08 bits per heavy atom. The van der Waals surface area contributed by atoms with E-state index in [9.17, 15) is 0 Å². The molecule has 26 heavy (non-hydrogen) atoms. The molecule has 0 bridgehead atoms. The average molecular weight is 444 g/mol. The zero-order valence-corrected chi connectivity index (χ0v) is 16.8. The number of hydrogen-bond acceptors (Lipinski definition) is 3. The number of benzene rings is 1. The van der Waals surface area contributed by atoms with Crippen LogP contribution in [0.4, 0.5) is 0 Å². The van der Waals surface area contributed by atoms with E-state index in [1.54, 1.807) is 17.5 Å². The zero-order chi connectivity index (χ0) is 17.8. The summed E-state index contributed by atoms with van der Waals surface area (Å²) >= 11 is 11.5. The minimum atomic E-state index is 0.508. The lowest BCUT2D eigenvalue weighted by Crippen LogP contribution is -1.85. The van der Waals surface area contributed by atoms with E-state index in [1.165, 1.54) is 0 Å². The van der Waals surface area contributed by atoms with E-state index >= 15 is 0 Å². The first-order valence-corrected chi connectivity index (χ1v) is 9.99. The smallest absolute Gasteiger partial charge is 0.153 e. The number of nitrogens with one attached hydrogen (secondary N) is 1. The topological polar surface area (TPSA) is 46.5 Å². The molecule has 0 aliphatic carbocycles. The number of pyridine rings is 1. The van der Waals surface area contributed by atoms with Crippen molar-refractivity contribution in [2.45, 2.75) is 0 Å². The van der Waals surface area contributed by atoms with Crippen LogP contribution >= 0.6 is 38.9 Å². The number of rotatable bonds is 2. The van der Waals surface area contributed by atoms with Gasteiger partial charge in [-0.15, -0.1) is 11.3 Å². The van der Waals surface area contributed by atoms with Crippen molar-refractivity contribution in [1.29, 1.82) is 0 Å². The second-order valence-corrected chi connectivity index (χ2v) is 8.21. The lowest BCUT2D eigenvalue weighted by Gasteiger charge is -1.97. The number of thiazole rings is 1. The second kappa shape index (κ2) is 5.94. The predicted octanol–water partition coefficient (Wildman–Crippen LogP) is 6.26. The summed E-state index contributed by atoms with van der Waals surface area (Å²) in [7, 11) is 1.98. The van der Waals surface area contributed by atoms with Gasteiger partial charge in [-0.3, -0.25) is 0 Å². The highest BCUT2D eigenvalue weighted by atomic mass is 79.9. The third kappa shape index (κ3) is 2.40. The Kier molecular flexibility index (Phi) is 3.67. The Morgan fingerprint density at radius 3 is 2.96 bits per heavy atom. The Labute approximate surface area is 166 Å². The van der Waals surface area contributed by atoms with E-state index in [2.05, 4.69) is 49.6 Å². The number of hydrogen-bond donors (Lipinski definition) is 1. The number of nitrogens with zero attached hydrogens (tertiary/aromatic N) is 3. The summed E-state index contributed by atoms with van der Waals surface area (Å²) in [5, 5.41) is 5.81. The molecular formula is C19H12BrClN4S. The molecule has 0 aliphatic rings. The highest BCUT2D eigenvalue weighted by Crippen LogP contribution is 2.37. The maximum absolute atomic E-state index is 6.27. The molecule has 0 amide bonds. The van der Waals surface area contributed by atoms with Gasteiger partial charge in [0.2, 0.25) is 0 Å². The first-order chi connectivity index (χ1) is 12.6. The van der Waals surface area contributed by atoms with Crippen molar-refractivity contribution >= 4 is 60.7 Å². The number of halogens is 2. The Morgan fingerprint density at radius 1 is 1.19 bits per heavy atom. The van der Waals surface area contributed by atoms with Gasteiger partial charge >= 0.3 is 0 Å². The maximum atomic E-state index is 6.27. The van der Waals surface area contributed by atoms with E-state index < -0.39 is 0 Å². The monoisotopic (exact) mass is 442 g/mol. The molecule has 128 valence electrons. The predicted molar refractivity (Wildman–Crippen MR) is 112 cm³/mol. The Hall–Kier alpha value is -2.15. The SMILES string of the molecule is Cn1cc(-c2csc(-c3c[nH]c4ccc(Br)cc34)n2)c2ccnc(Cl)c21. The lowest BCUT2D eigenvalue weighted by atomic mass is 10.1.